The molecule has 0 bridgehead atoms. The molecule has 140 valence electrons. The third-order valence-corrected chi connectivity index (χ3v) is 4.45. The Bertz CT molecular complexity index is 661. The van der Waals surface area contributed by atoms with Gasteiger partial charge in [-0.2, -0.15) is 0 Å². The first-order valence-electron chi connectivity index (χ1n) is 8.26. The molecule has 10 heteroatoms. The van der Waals surface area contributed by atoms with Gasteiger partial charge in [0.05, 0.1) is 36.3 Å². The molecule has 0 saturated carbocycles. The maximum absolute atomic E-state index is 11.8. The predicted molar refractivity (Wildman–Crippen MR) is 89.3 cm³/mol. The first kappa shape index (κ1) is 18.5. The SMILES string of the molecule is O=CC(c1ccc([N+](=O)[O-])cc1)C1OCCNC1NC1(C=O)NCCO1. The van der Waals surface area contributed by atoms with E-state index < -0.39 is 29.0 Å². The summed E-state index contributed by atoms with van der Waals surface area (Å²) in [5.41, 5.74) is 0.533. The van der Waals surface area contributed by atoms with Crippen molar-refractivity contribution in [3.8, 4) is 0 Å². The van der Waals surface area contributed by atoms with Gasteiger partial charge in [-0.1, -0.05) is 12.1 Å². The Morgan fingerprint density at radius 1 is 1.27 bits per heavy atom. The van der Waals surface area contributed by atoms with Crippen LogP contribution >= 0.6 is 0 Å². The van der Waals surface area contributed by atoms with Crippen LogP contribution in [0, 0.1) is 10.1 Å². The van der Waals surface area contributed by atoms with E-state index in [0.29, 0.717) is 38.2 Å². The van der Waals surface area contributed by atoms with Gasteiger partial charge in [0.2, 0.25) is 5.85 Å². The van der Waals surface area contributed by atoms with Crippen molar-refractivity contribution >= 4 is 18.3 Å². The normalized spacial score (nSPS) is 29.8. The van der Waals surface area contributed by atoms with Crippen LogP contribution in [0.2, 0.25) is 0 Å². The van der Waals surface area contributed by atoms with Crippen molar-refractivity contribution in [2.75, 3.05) is 26.3 Å². The van der Waals surface area contributed by atoms with Crippen LogP contribution in [0.5, 0.6) is 0 Å². The molecule has 0 spiro atoms. The van der Waals surface area contributed by atoms with Crippen molar-refractivity contribution in [2.45, 2.75) is 24.0 Å². The molecule has 26 heavy (non-hydrogen) atoms. The van der Waals surface area contributed by atoms with Gasteiger partial charge < -0.3 is 14.3 Å². The fourth-order valence-electron chi connectivity index (χ4n) is 3.16. The number of carbonyl (C=O) groups is 2. The summed E-state index contributed by atoms with van der Waals surface area (Å²) >= 11 is 0. The van der Waals surface area contributed by atoms with Crippen LogP contribution in [-0.2, 0) is 19.1 Å². The van der Waals surface area contributed by atoms with Crippen molar-refractivity contribution in [3.05, 3.63) is 39.9 Å². The maximum atomic E-state index is 11.8. The predicted octanol–water partition coefficient (Wildman–Crippen LogP) is -0.746. The maximum Gasteiger partial charge on any atom is 0.269 e. The number of aldehydes is 2. The number of nitro benzene ring substituents is 1. The summed E-state index contributed by atoms with van der Waals surface area (Å²) in [6, 6.07) is 5.76. The first-order chi connectivity index (χ1) is 12.6. The molecule has 10 nitrogen and oxygen atoms in total. The van der Waals surface area contributed by atoms with Gasteiger partial charge in [-0.05, 0) is 5.56 Å². The molecule has 1 aromatic rings. The van der Waals surface area contributed by atoms with Crippen LogP contribution in [0.4, 0.5) is 5.69 Å². The van der Waals surface area contributed by atoms with E-state index in [1.165, 1.54) is 24.3 Å². The zero-order valence-electron chi connectivity index (χ0n) is 13.9. The fraction of sp³-hybridized carbons (Fsp3) is 0.500. The molecule has 3 rings (SSSR count). The zero-order valence-corrected chi connectivity index (χ0v) is 13.9. The van der Waals surface area contributed by atoms with E-state index in [1.807, 2.05) is 0 Å². The van der Waals surface area contributed by atoms with Gasteiger partial charge in [0, 0.05) is 25.2 Å². The Balaban J connectivity index is 1.81. The summed E-state index contributed by atoms with van der Waals surface area (Å²) in [6.07, 6.45) is 0.217. The largest absolute Gasteiger partial charge is 0.373 e. The second kappa shape index (κ2) is 7.98. The van der Waals surface area contributed by atoms with Gasteiger partial charge in [-0.25, -0.2) is 0 Å². The number of hydrogen-bond donors (Lipinski definition) is 3. The molecule has 2 fully saturated rings. The van der Waals surface area contributed by atoms with E-state index in [0.717, 1.165) is 6.29 Å². The first-order valence-corrected chi connectivity index (χ1v) is 8.26. The number of ether oxygens (including phenoxy) is 2. The second-order valence-corrected chi connectivity index (χ2v) is 6.05. The van der Waals surface area contributed by atoms with E-state index in [9.17, 15) is 19.7 Å². The Morgan fingerprint density at radius 3 is 2.62 bits per heavy atom. The zero-order chi connectivity index (χ0) is 18.6. The van der Waals surface area contributed by atoms with Gasteiger partial charge in [0.15, 0.2) is 6.29 Å². The van der Waals surface area contributed by atoms with E-state index in [1.54, 1.807) is 0 Å². The number of nitrogens with one attached hydrogen (secondary N) is 3. The average molecular weight is 364 g/mol. The van der Waals surface area contributed by atoms with Crippen LogP contribution in [-0.4, -0.2) is 61.9 Å². The van der Waals surface area contributed by atoms with Crippen molar-refractivity contribution in [3.63, 3.8) is 0 Å². The topological polar surface area (TPSA) is 132 Å². The fourth-order valence-corrected chi connectivity index (χ4v) is 3.16. The molecule has 0 radical (unpaired) electrons. The Labute approximate surface area is 149 Å². The molecule has 2 saturated heterocycles. The molecule has 2 aliphatic heterocycles. The van der Waals surface area contributed by atoms with E-state index in [-0.39, 0.29) is 5.69 Å². The standard InChI is InChI=1S/C16H20N4O6/c21-9-13(11-1-3-12(4-2-11)20(23)24)14-15(17-5-7-25-14)19-16(10-22)18-6-8-26-16/h1-4,9-10,13-15,17-19H,5-8H2. The lowest BCUT2D eigenvalue weighted by atomic mass is 9.91. The van der Waals surface area contributed by atoms with E-state index >= 15 is 0 Å². The highest BCUT2D eigenvalue weighted by atomic mass is 16.6. The minimum atomic E-state index is -1.33. The summed E-state index contributed by atoms with van der Waals surface area (Å²) in [5.74, 6) is -2.01. The second-order valence-electron chi connectivity index (χ2n) is 6.05. The molecule has 4 unspecified atom stereocenters. The summed E-state index contributed by atoms with van der Waals surface area (Å²) in [6.45, 7) is 1.82. The molecule has 0 aliphatic carbocycles. The van der Waals surface area contributed by atoms with Crippen LogP contribution in [0.25, 0.3) is 0 Å². The Kier molecular flexibility index (Phi) is 5.69. The van der Waals surface area contributed by atoms with E-state index in [4.69, 9.17) is 9.47 Å². The van der Waals surface area contributed by atoms with Gasteiger partial charge in [-0.15, -0.1) is 0 Å². The number of morpholine rings is 1. The molecule has 0 aromatic heterocycles. The molecule has 0 amide bonds. The Morgan fingerprint density at radius 2 is 2.04 bits per heavy atom. The summed E-state index contributed by atoms with van der Waals surface area (Å²) < 4.78 is 11.2. The number of benzene rings is 1. The van der Waals surface area contributed by atoms with Crippen molar-refractivity contribution in [2.24, 2.45) is 0 Å². The monoisotopic (exact) mass is 364 g/mol. The lowest BCUT2D eigenvalue weighted by molar-refractivity contribution is -0.384. The number of nitrogens with zero attached hydrogens (tertiary/aromatic N) is 1. The number of rotatable bonds is 7. The lowest BCUT2D eigenvalue weighted by Crippen LogP contribution is -2.68. The highest BCUT2D eigenvalue weighted by molar-refractivity contribution is 5.64. The molecule has 4 atom stereocenters. The number of hydrogen-bond acceptors (Lipinski definition) is 9. The van der Waals surface area contributed by atoms with Crippen LogP contribution < -0.4 is 16.0 Å². The highest BCUT2D eigenvalue weighted by Crippen LogP contribution is 2.26. The lowest BCUT2D eigenvalue weighted by Gasteiger charge is -2.39. The third kappa shape index (κ3) is 3.79. The van der Waals surface area contributed by atoms with Gasteiger partial charge in [-0.3, -0.25) is 30.9 Å². The highest BCUT2D eigenvalue weighted by Gasteiger charge is 2.42. The number of nitro groups is 1. The van der Waals surface area contributed by atoms with Crippen LogP contribution in [0.15, 0.2) is 24.3 Å². The summed E-state index contributed by atoms with van der Waals surface area (Å²) in [5, 5.41) is 20.0. The smallest absolute Gasteiger partial charge is 0.269 e. The van der Waals surface area contributed by atoms with Gasteiger partial charge >= 0.3 is 0 Å². The Hall–Kier alpha value is -2.24. The van der Waals surface area contributed by atoms with E-state index in [2.05, 4.69) is 16.0 Å². The average Bonchev–Trinajstić information content (AvgIpc) is 3.13. The molecule has 1 aromatic carbocycles. The summed E-state index contributed by atoms with van der Waals surface area (Å²) in [4.78, 5) is 33.5. The van der Waals surface area contributed by atoms with Crippen molar-refractivity contribution < 1.29 is 24.0 Å². The van der Waals surface area contributed by atoms with Gasteiger partial charge in [0.25, 0.3) is 5.69 Å². The quantitative estimate of drug-likeness (QED) is 0.325. The number of carbonyl (C=O) groups excluding carboxylic acids is 2. The van der Waals surface area contributed by atoms with Gasteiger partial charge in [0.1, 0.15) is 6.29 Å². The molecule has 2 heterocycles. The van der Waals surface area contributed by atoms with Crippen molar-refractivity contribution in [1.82, 2.24) is 16.0 Å². The minimum absolute atomic E-state index is 0.0563. The van der Waals surface area contributed by atoms with Crippen LogP contribution in [0.3, 0.4) is 0 Å². The minimum Gasteiger partial charge on any atom is -0.373 e. The molecule has 2 aliphatic rings. The molecule has 3 N–H and O–H groups in total. The molecular formula is C16H20N4O6. The van der Waals surface area contributed by atoms with Crippen LogP contribution in [0.1, 0.15) is 11.5 Å². The summed E-state index contributed by atoms with van der Waals surface area (Å²) in [7, 11) is 0. The molecular weight excluding hydrogens is 344 g/mol. The number of non-ortho nitro benzene ring substituents is 1. The van der Waals surface area contributed by atoms with Crippen molar-refractivity contribution in [1.29, 1.82) is 0 Å². The third-order valence-electron chi connectivity index (χ3n) is 4.45.